The van der Waals surface area contributed by atoms with Crippen molar-refractivity contribution in [3.8, 4) is 0 Å². The highest BCUT2D eigenvalue weighted by Gasteiger charge is 2.36. The fourth-order valence-corrected chi connectivity index (χ4v) is 3.53. The molecule has 1 N–H and O–H groups in total. The van der Waals surface area contributed by atoms with Crippen LogP contribution in [0.3, 0.4) is 0 Å². The maximum Gasteiger partial charge on any atom is 0.236 e. The van der Waals surface area contributed by atoms with Crippen LogP contribution in [0.2, 0.25) is 0 Å². The van der Waals surface area contributed by atoms with Crippen LogP contribution in [0.1, 0.15) is 50.2 Å². The molecule has 0 spiro atoms. The smallest absolute Gasteiger partial charge is 0.236 e. The zero-order valence-electron chi connectivity index (χ0n) is 13.5. The van der Waals surface area contributed by atoms with Gasteiger partial charge in [-0.05, 0) is 38.8 Å². The van der Waals surface area contributed by atoms with Gasteiger partial charge in [0, 0.05) is 6.54 Å². The normalized spacial score (nSPS) is 26.5. The van der Waals surface area contributed by atoms with E-state index in [9.17, 15) is 4.79 Å². The molecule has 1 saturated carbocycles. The van der Waals surface area contributed by atoms with E-state index in [0.29, 0.717) is 13.2 Å². The van der Waals surface area contributed by atoms with Gasteiger partial charge in [-0.3, -0.25) is 10.1 Å². The summed E-state index contributed by atoms with van der Waals surface area (Å²) in [6, 6.07) is 4.23. The molecule has 5 nitrogen and oxygen atoms in total. The zero-order valence-corrected chi connectivity index (χ0v) is 13.5. The lowest BCUT2D eigenvalue weighted by molar-refractivity contribution is -0.148. The number of ether oxygens (including phenoxy) is 1. The van der Waals surface area contributed by atoms with Crippen molar-refractivity contribution in [2.75, 3.05) is 19.7 Å². The fraction of sp³-hybridized carbons (Fsp3) is 0.706. The molecule has 1 amide bonds. The number of nitrogens with one attached hydrogen (secondary N) is 1. The highest BCUT2D eigenvalue weighted by Crippen LogP contribution is 2.28. The van der Waals surface area contributed by atoms with Crippen molar-refractivity contribution in [2.24, 2.45) is 0 Å². The number of nitrogens with zero attached hydrogens (tertiary/aromatic N) is 1. The fourth-order valence-electron chi connectivity index (χ4n) is 3.53. The number of rotatable bonds is 4. The summed E-state index contributed by atoms with van der Waals surface area (Å²) in [5, 5.41) is 3.28. The van der Waals surface area contributed by atoms with Crippen LogP contribution in [-0.4, -0.2) is 42.6 Å². The maximum atomic E-state index is 12.6. The average molecular weight is 306 g/mol. The first kappa shape index (κ1) is 15.6. The average Bonchev–Trinajstić information content (AvgIpc) is 2.98. The lowest BCUT2D eigenvalue weighted by Gasteiger charge is -2.44. The first-order chi connectivity index (χ1) is 10.6. The number of hydrogen-bond acceptors (Lipinski definition) is 4. The summed E-state index contributed by atoms with van der Waals surface area (Å²) in [4.78, 5) is 14.6. The number of hydrogen-bond donors (Lipinski definition) is 1. The van der Waals surface area contributed by atoms with Gasteiger partial charge in [0.15, 0.2) is 0 Å². The lowest BCUT2D eigenvalue weighted by atomic mass is 9.90. The van der Waals surface area contributed by atoms with Crippen LogP contribution in [0.25, 0.3) is 0 Å². The molecule has 3 atom stereocenters. The Labute approximate surface area is 132 Å². The SMILES string of the molecule is Cc1ccc(C(C)NCC(=O)N2CCOC3CCCCC32)o1. The minimum absolute atomic E-state index is 0.0424. The molecular formula is C17H26N2O3. The Hall–Kier alpha value is -1.33. The molecule has 2 heterocycles. The van der Waals surface area contributed by atoms with Crippen molar-refractivity contribution >= 4 is 5.91 Å². The molecular weight excluding hydrogens is 280 g/mol. The second-order valence-corrected chi connectivity index (χ2v) is 6.40. The van der Waals surface area contributed by atoms with Crippen molar-refractivity contribution < 1.29 is 13.9 Å². The van der Waals surface area contributed by atoms with Crippen molar-refractivity contribution in [1.82, 2.24) is 10.2 Å². The van der Waals surface area contributed by atoms with E-state index >= 15 is 0 Å². The summed E-state index contributed by atoms with van der Waals surface area (Å²) in [7, 11) is 0. The Morgan fingerprint density at radius 1 is 1.41 bits per heavy atom. The lowest BCUT2D eigenvalue weighted by Crippen LogP contribution is -2.56. The minimum atomic E-state index is 0.0424. The van der Waals surface area contributed by atoms with Gasteiger partial charge in [-0.25, -0.2) is 0 Å². The first-order valence-corrected chi connectivity index (χ1v) is 8.36. The van der Waals surface area contributed by atoms with Crippen LogP contribution in [0.4, 0.5) is 0 Å². The Kier molecular flexibility index (Phi) is 4.84. The van der Waals surface area contributed by atoms with Crippen LogP contribution < -0.4 is 5.32 Å². The molecule has 22 heavy (non-hydrogen) atoms. The first-order valence-electron chi connectivity index (χ1n) is 8.36. The van der Waals surface area contributed by atoms with Crippen LogP contribution in [0.5, 0.6) is 0 Å². The molecule has 1 aromatic rings. The molecule has 1 aliphatic carbocycles. The van der Waals surface area contributed by atoms with Gasteiger partial charge in [-0.15, -0.1) is 0 Å². The van der Waals surface area contributed by atoms with Gasteiger partial charge >= 0.3 is 0 Å². The molecule has 1 saturated heterocycles. The van der Waals surface area contributed by atoms with E-state index in [1.54, 1.807) is 0 Å². The minimum Gasteiger partial charge on any atom is -0.465 e. The third-order valence-corrected chi connectivity index (χ3v) is 4.80. The molecule has 0 aromatic carbocycles. The van der Waals surface area contributed by atoms with Crippen LogP contribution in [-0.2, 0) is 9.53 Å². The quantitative estimate of drug-likeness (QED) is 0.928. The second kappa shape index (κ2) is 6.84. The molecule has 1 aromatic heterocycles. The van der Waals surface area contributed by atoms with E-state index in [1.807, 2.05) is 30.9 Å². The number of aryl methyl sites for hydroxylation is 1. The molecule has 3 unspecified atom stereocenters. The Balaban J connectivity index is 1.54. The monoisotopic (exact) mass is 306 g/mol. The van der Waals surface area contributed by atoms with E-state index in [1.165, 1.54) is 12.8 Å². The van der Waals surface area contributed by atoms with Gasteiger partial charge < -0.3 is 14.1 Å². The number of carbonyl (C=O) groups is 1. The summed E-state index contributed by atoms with van der Waals surface area (Å²) in [5.74, 6) is 1.95. The molecule has 0 bridgehead atoms. The molecule has 2 fully saturated rings. The van der Waals surface area contributed by atoms with E-state index < -0.39 is 0 Å². The van der Waals surface area contributed by atoms with Crippen LogP contribution >= 0.6 is 0 Å². The summed E-state index contributed by atoms with van der Waals surface area (Å²) < 4.78 is 11.4. The number of carbonyl (C=O) groups excluding carboxylic acids is 1. The third kappa shape index (κ3) is 3.36. The van der Waals surface area contributed by atoms with Crippen molar-refractivity contribution in [3.63, 3.8) is 0 Å². The maximum absolute atomic E-state index is 12.6. The highest BCUT2D eigenvalue weighted by molar-refractivity contribution is 5.78. The molecule has 0 radical (unpaired) electrons. The van der Waals surface area contributed by atoms with Gasteiger partial charge in [0.05, 0.1) is 31.3 Å². The summed E-state index contributed by atoms with van der Waals surface area (Å²) in [6.07, 6.45) is 4.82. The summed E-state index contributed by atoms with van der Waals surface area (Å²) >= 11 is 0. The summed E-state index contributed by atoms with van der Waals surface area (Å²) in [6.45, 7) is 5.69. The number of furan rings is 1. The number of morpholine rings is 1. The zero-order chi connectivity index (χ0) is 15.5. The third-order valence-electron chi connectivity index (χ3n) is 4.80. The number of amides is 1. The van der Waals surface area contributed by atoms with Crippen molar-refractivity contribution in [1.29, 1.82) is 0 Å². The van der Waals surface area contributed by atoms with Gasteiger partial charge in [0.25, 0.3) is 0 Å². The van der Waals surface area contributed by atoms with Crippen molar-refractivity contribution in [3.05, 3.63) is 23.7 Å². The molecule has 2 aliphatic rings. The molecule has 5 heteroatoms. The number of fused-ring (bicyclic) bond motifs is 1. The van der Waals surface area contributed by atoms with Gasteiger partial charge in [-0.2, -0.15) is 0 Å². The Morgan fingerprint density at radius 3 is 3.00 bits per heavy atom. The van der Waals surface area contributed by atoms with Crippen molar-refractivity contribution in [2.45, 2.75) is 57.7 Å². The van der Waals surface area contributed by atoms with E-state index in [4.69, 9.17) is 9.15 Å². The van der Waals surface area contributed by atoms with Gasteiger partial charge in [-0.1, -0.05) is 12.8 Å². The van der Waals surface area contributed by atoms with Gasteiger partial charge in [0.2, 0.25) is 5.91 Å². The molecule has 1 aliphatic heterocycles. The topological polar surface area (TPSA) is 54.7 Å². The molecule has 3 rings (SSSR count). The molecule has 122 valence electrons. The predicted molar refractivity (Wildman–Crippen MR) is 83.6 cm³/mol. The second-order valence-electron chi connectivity index (χ2n) is 6.40. The summed E-state index contributed by atoms with van der Waals surface area (Å²) in [5.41, 5.74) is 0. The van der Waals surface area contributed by atoms with E-state index in [0.717, 1.165) is 30.9 Å². The van der Waals surface area contributed by atoms with Gasteiger partial charge in [0.1, 0.15) is 11.5 Å². The van der Waals surface area contributed by atoms with Crippen LogP contribution in [0, 0.1) is 6.92 Å². The standard InChI is InChI=1S/C17H26N2O3/c1-12-7-8-15(22-12)13(2)18-11-17(20)19-9-10-21-16-6-4-3-5-14(16)19/h7-8,13-14,16,18H,3-6,9-11H2,1-2H3. The Bertz CT molecular complexity index is 512. The largest absolute Gasteiger partial charge is 0.465 e. The Morgan fingerprint density at radius 2 is 2.23 bits per heavy atom. The highest BCUT2D eigenvalue weighted by atomic mass is 16.5. The van der Waals surface area contributed by atoms with E-state index in [-0.39, 0.29) is 24.1 Å². The predicted octanol–water partition coefficient (Wildman–Crippen LogP) is 2.41. The van der Waals surface area contributed by atoms with Crippen LogP contribution in [0.15, 0.2) is 16.5 Å². The van der Waals surface area contributed by atoms with E-state index in [2.05, 4.69) is 5.32 Å².